The number of carbonyl (C=O) groups excluding carboxylic acids is 2. The van der Waals surface area contributed by atoms with Gasteiger partial charge in [-0.1, -0.05) is 0 Å². The molecule has 0 unspecified atom stereocenters. The predicted octanol–water partition coefficient (Wildman–Crippen LogP) is -1.16. The summed E-state index contributed by atoms with van der Waals surface area (Å²) in [4.78, 5) is 23.1. The number of rotatable bonds is 4. The Morgan fingerprint density at radius 1 is 1.50 bits per heavy atom. The molecule has 12 heavy (non-hydrogen) atoms. The molecule has 70 valence electrons. The molecule has 0 saturated carbocycles. The molecule has 0 heterocycles. The van der Waals surface area contributed by atoms with E-state index in [2.05, 4.69) is 10.1 Å². The van der Waals surface area contributed by atoms with Gasteiger partial charge in [-0.05, 0) is 7.05 Å². The summed E-state index contributed by atoms with van der Waals surface area (Å²) in [6.45, 7) is 0.227. The lowest BCUT2D eigenvalue weighted by Crippen LogP contribution is -2.37. The maximum Gasteiger partial charge on any atom is 0.325 e. The van der Waals surface area contributed by atoms with E-state index in [4.69, 9.17) is 0 Å². The molecular formula is C7H14N2O3. The molecule has 0 fully saturated rings. The van der Waals surface area contributed by atoms with Crippen molar-refractivity contribution in [1.82, 2.24) is 10.2 Å². The second-order valence-corrected chi connectivity index (χ2v) is 2.36. The molecule has 5 heteroatoms. The first-order valence-electron chi connectivity index (χ1n) is 3.57. The maximum absolute atomic E-state index is 11.1. The van der Waals surface area contributed by atoms with Crippen molar-refractivity contribution in [1.29, 1.82) is 0 Å². The van der Waals surface area contributed by atoms with Crippen molar-refractivity contribution >= 4 is 11.9 Å². The number of nitrogens with one attached hydrogen (secondary N) is 1. The highest BCUT2D eigenvalue weighted by atomic mass is 16.5. The van der Waals surface area contributed by atoms with Crippen molar-refractivity contribution in [3.8, 4) is 0 Å². The second kappa shape index (κ2) is 5.54. The van der Waals surface area contributed by atoms with Crippen LogP contribution >= 0.6 is 0 Å². The van der Waals surface area contributed by atoms with Crippen LogP contribution in [0.5, 0.6) is 0 Å². The Balaban J connectivity index is 3.78. The van der Waals surface area contributed by atoms with Crippen LogP contribution in [0, 0.1) is 0 Å². The number of likely N-dealkylation sites (N-methyl/N-ethyl adjacent to an activating group) is 2. The summed E-state index contributed by atoms with van der Waals surface area (Å²) in [5.41, 5.74) is 0. The lowest BCUT2D eigenvalue weighted by Gasteiger charge is -2.14. The van der Waals surface area contributed by atoms with E-state index in [0.29, 0.717) is 0 Å². The molecule has 5 nitrogen and oxygen atoms in total. The Morgan fingerprint density at radius 3 is 2.50 bits per heavy atom. The van der Waals surface area contributed by atoms with Crippen LogP contribution in [0.3, 0.4) is 0 Å². The average Bonchev–Trinajstić information content (AvgIpc) is 2.04. The van der Waals surface area contributed by atoms with E-state index < -0.39 is 5.97 Å². The number of amides is 1. The van der Waals surface area contributed by atoms with Gasteiger partial charge in [0.1, 0.15) is 6.54 Å². The van der Waals surface area contributed by atoms with Crippen LogP contribution in [0.4, 0.5) is 0 Å². The molecule has 1 amide bonds. The summed E-state index contributed by atoms with van der Waals surface area (Å²) in [5.74, 6) is -0.551. The van der Waals surface area contributed by atoms with Crippen LogP contribution in [0.25, 0.3) is 0 Å². The van der Waals surface area contributed by atoms with Crippen LogP contribution in [-0.4, -0.2) is 51.1 Å². The van der Waals surface area contributed by atoms with E-state index in [-0.39, 0.29) is 19.0 Å². The number of methoxy groups -OCH3 is 1. The number of esters is 1. The Hall–Kier alpha value is -1.10. The van der Waals surface area contributed by atoms with Crippen LogP contribution < -0.4 is 5.32 Å². The third-order valence-electron chi connectivity index (χ3n) is 1.35. The van der Waals surface area contributed by atoms with Gasteiger partial charge in [-0.3, -0.25) is 9.59 Å². The summed E-state index contributed by atoms with van der Waals surface area (Å²) in [5, 5.41) is 2.70. The highest BCUT2D eigenvalue weighted by molar-refractivity contribution is 5.82. The molecular weight excluding hydrogens is 160 g/mol. The molecule has 0 aromatic carbocycles. The number of hydrogen-bond acceptors (Lipinski definition) is 4. The third kappa shape index (κ3) is 3.92. The fourth-order valence-corrected chi connectivity index (χ4v) is 0.633. The fourth-order valence-electron chi connectivity index (χ4n) is 0.633. The molecule has 0 aliphatic carbocycles. The molecule has 0 bridgehead atoms. The lowest BCUT2D eigenvalue weighted by molar-refractivity contribution is -0.145. The van der Waals surface area contributed by atoms with Gasteiger partial charge < -0.3 is 15.0 Å². The lowest BCUT2D eigenvalue weighted by atomic mass is 10.5. The minimum Gasteiger partial charge on any atom is -0.468 e. The SMILES string of the molecule is CNCC(=O)N(C)CC(=O)OC. The first-order chi connectivity index (χ1) is 5.61. The van der Waals surface area contributed by atoms with Crippen LogP contribution in [-0.2, 0) is 14.3 Å². The van der Waals surface area contributed by atoms with Gasteiger partial charge in [0.15, 0.2) is 0 Å². The average molecular weight is 174 g/mol. The highest BCUT2D eigenvalue weighted by Crippen LogP contribution is 1.84. The first-order valence-corrected chi connectivity index (χ1v) is 3.57. The molecule has 0 aliphatic rings. The van der Waals surface area contributed by atoms with Crippen molar-refractivity contribution in [2.45, 2.75) is 0 Å². The molecule has 0 saturated heterocycles. The number of nitrogens with zero attached hydrogens (tertiary/aromatic N) is 1. The fraction of sp³-hybridized carbons (Fsp3) is 0.714. The van der Waals surface area contributed by atoms with E-state index in [1.807, 2.05) is 0 Å². The van der Waals surface area contributed by atoms with Gasteiger partial charge in [0, 0.05) is 7.05 Å². The summed E-state index contributed by atoms with van der Waals surface area (Å²) in [6.07, 6.45) is 0. The summed E-state index contributed by atoms with van der Waals surface area (Å²) in [7, 11) is 4.51. The van der Waals surface area contributed by atoms with E-state index >= 15 is 0 Å². The van der Waals surface area contributed by atoms with Gasteiger partial charge in [0.25, 0.3) is 0 Å². The van der Waals surface area contributed by atoms with Crippen LogP contribution in [0.15, 0.2) is 0 Å². The maximum atomic E-state index is 11.1. The number of carbonyl (C=O) groups is 2. The van der Waals surface area contributed by atoms with E-state index in [1.165, 1.54) is 12.0 Å². The summed E-state index contributed by atoms with van der Waals surface area (Å²) >= 11 is 0. The standard InChI is InChI=1S/C7H14N2O3/c1-8-4-6(10)9(2)5-7(11)12-3/h8H,4-5H2,1-3H3. The normalized spacial score (nSPS) is 9.25. The van der Waals surface area contributed by atoms with Crippen molar-refractivity contribution in [3.05, 3.63) is 0 Å². The Morgan fingerprint density at radius 2 is 2.08 bits per heavy atom. The zero-order valence-electron chi connectivity index (χ0n) is 7.59. The molecule has 0 aromatic heterocycles. The summed E-state index contributed by atoms with van der Waals surface area (Å²) < 4.78 is 4.40. The Labute approximate surface area is 71.7 Å². The largest absolute Gasteiger partial charge is 0.468 e. The van der Waals surface area contributed by atoms with Gasteiger partial charge in [0.05, 0.1) is 13.7 Å². The third-order valence-corrected chi connectivity index (χ3v) is 1.35. The smallest absolute Gasteiger partial charge is 0.325 e. The van der Waals surface area contributed by atoms with Crippen molar-refractivity contribution in [2.24, 2.45) is 0 Å². The molecule has 0 spiro atoms. The Kier molecular flexibility index (Phi) is 5.03. The highest BCUT2D eigenvalue weighted by Gasteiger charge is 2.11. The number of ether oxygens (including phenoxy) is 1. The second-order valence-electron chi connectivity index (χ2n) is 2.36. The van der Waals surface area contributed by atoms with Crippen LogP contribution in [0.2, 0.25) is 0 Å². The van der Waals surface area contributed by atoms with E-state index in [9.17, 15) is 9.59 Å². The van der Waals surface area contributed by atoms with Gasteiger partial charge in [-0.15, -0.1) is 0 Å². The quantitative estimate of drug-likeness (QED) is 0.546. The van der Waals surface area contributed by atoms with Crippen molar-refractivity contribution in [2.75, 3.05) is 34.3 Å². The zero-order valence-corrected chi connectivity index (χ0v) is 7.59. The van der Waals surface area contributed by atoms with Crippen molar-refractivity contribution in [3.63, 3.8) is 0 Å². The van der Waals surface area contributed by atoms with Crippen LogP contribution in [0.1, 0.15) is 0 Å². The topological polar surface area (TPSA) is 58.6 Å². The molecule has 0 atom stereocenters. The molecule has 0 aliphatic heterocycles. The summed E-state index contributed by atoms with van der Waals surface area (Å²) in [6, 6.07) is 0. The Bertz CT molecular complexity index is 170. The molecule has 0 aromatic rings. The van der Waals surface area contributed by atoms with Gasteiger partial charge in [-0.25, -0.2) is 0 Å². The van der Waals surface area contributed by atoms with Gasteiger partial charge in [-0.2, -0.15) is 0 Å². The minimum atomic E-state index is -0.415. The van der Waals surface area contributed by atoms with Crippen molar-refractivity contribution < 1.29 is 14.3 Å². The van der Waals surface area contributed by atoms with Gasteiger partial charge in [0.2, 0.25) is 5.91 Å². The number of hydrogen-bond donors (Lipinski definition) is 1. The van der Waals surface area contributed by atoms with E-state index in [1.54, 1.807) is 14.1 Å². The van der Waals surface area contributed by atoms with Gasteiger partial charge >= 0.3 is 5.97 Å². The molecule has 0 rings (SSSR count). The zero-order chi connectivity index (χ0) is 9.56. The monoisotopic (exact) mass is 174 g/mol. The predicted molar refractivity (Wildman–Crippen MR) is 43.6 cm³/mol. The minimum absolute atomic E-state index is 0.00296. The van der Waals surface area contributed by atoms with E-state index in [0.717, 1.165) is 0 Å². The molecule has 0 radical (unpaired) electrons. The first kappa shape index (κ1) is 10.9. The molecule has 1 N–H and O–H groups in total.